The average molecular weight is 283 g/mol. The number of nitrogens with zero attached hydrogens (tertiary/aromatic N) is 1. The minimum atomic E-state index is 0.403. The summed E-state index contributed by atoms with van der Waals surface area (Å²) in [5, 5.41) is 4.19. The molecule has 0 radical (unpaired) electrons. The zero-order chi connectivity index (χ0) is 13.7. The van der Waals surface area contributed by atoms with Gasteiger partial charge in [-0.25, -0.2) is 0 Å². The van der Waals surface area contributed by atoms with Crippen molar-refractivity contribution in [3.63, 3.8) is 0 Å². The zero-order valence-electron chi connectivity index (χ0n) is 11.8. The Morgan fingerprint density at radius 2 is 2.11 bits per heavy atom. The highest BCUT2D eigenvalue weighted by Crippen LogP contribution is 2.34. The van der Waals surface area contributed by atoms with Crippen LogP contribution < -0.4 is 10.1 Å². The number of hydrogen-bond acceptors (Lipinski definition) is 3. The molecule has 0 saturated carbocycles. The Balaban J connectivity index is 2.28. The third kappa shape index (κ3) is 3.62. The number of benzene rings is 1. The topological polar surface area (TPSA) is 24.5 Å². The second-order valence-electron chi connectivity index (χ2n) is 4.98. The fourth-order valence-corrected chi connectivity index (χ4v) is 2.95. The van der Waals surface area contributed by atoms with Crippen LogP contribution in [0, 0.1) is 0 Å². The van der Waals surface area contributed by atoms with Crippen molar-refractivity contribution < 1.29 is 4.74 Å². The van der Waals surface area contributed by atoms with Crippen LogP contribution in [0.25, 0.3) is 0 Å². The van der Waals surface area contributed by atoms with Crippen LogP contribution in [0.15, 0.2) is 18.2 Å². The highest BCUT2D eigenvalue weighted by Gasteiger charge is 2.24. The molecule has 1 atom stereocenters. The zero-order valence-corrected chi connectivity index (χ0v) is 12.5. The van der Waals surface area contributed by atoms with Gasteiger partial charge in [0.25, 0.3) is 0 Å². The molecule has 19 heavy (non-hydrogen) atoms. The van der Waals surface area contributed by atoms with Crippen molar-refractivity contribution in [1.82, 2.24) is 10.2 Å². The molecule has 1 fully saturated rings. The van der Waals surface area contributed by atoms with Crippen LogP contribution in [-0.4, -0.2) is 38.2 Å². The van der Waals surface area contributed by atoms with E-state index in [-0.39, 0.29) is 0 Å². The molecule has 1 aromatic carbocycles. The quantitative estimate of drug-likeness (QED) is 0.898. The van der Waals surface area contributed by atoms with Crippen LogP contribution in [0.1, 0.15) is 31.4 Å². The van der Waals surface area contributed by atoms with Crippen LogP contribution in [0.2, 0.25) is 5.02 Å². The van der Waals surface area contributed by atoms with Gasteiger partial charge in [-0.3, -0.25) is 4.90 Å². The molecule has 1 aromatic rings. The van der Waals surface area contributed by atoms with E-state index in [9.17, 15) is 0 Å². The van der Waals surface area contributed by atoms with Crippen molar-refractivity contribution in [2.75, 3.05) is 33.3 Å². The smallest absolute Gasteiger partial charge is 0.123 e. The maximum Gasteiger partial charge on any atom is 0.123 e. The monoisotopic (exact) mass is 282 g/mol. The summed E-state index contributed by atoms with van der Waals surface area (Å²) in [4.78, 5) is 2.54. The molecule has 1 heterocycles. The van der Waals surface area contributed by atoms with E-state index in [2.05, 4.69) is 23.2 Å². The van der Waals surface area contributed by atoms with Crippen molar-refractivity contribution in [2.24, 2.45) is 0 Å². The first-order chi connectivity index (χ1) is 9.26. The van der Waals surface area contributed by atoms with Crippen LogP contribution >= 0.6 is 11.6 Å². The van der Waals surface area contributed by atoms with Crippen molar-refractivity contribution in [1.29, 1.82) is 0 Å². The van der Waals surface area contributed by atoms with Gasteiger partial charge < -0.3 is 10.1 Å². The number of hydrogen-bond donors (Lipinski definition) is 1. The van der Waals surface area contributed by atoms with E-state index in [0.29, 0.717) is 6.04 Å². The van der Waals surface area contributed by atoms with E-state index in [0.717, 1.165) is 49.8 Å². The summed E-state index contributed by atoms with van der Waals surface area (Å²) in [6.45, 7) is 6.51. The summed E-state index contributed by atoms with van der Waals surface area (Å²) in [6, 6.07) is 6.33. The molecule has 0 aliphatic carbocycles. The minimum Gasteiger partial charge on any atom is -0.496 e. The SMILES string of the molecule is CCC[C@H](c1cc(Cl)ccc1OC)N1CCNCC1. The molecule has 0 unspecified atom stereocenters. The van der Waals surface area contributed by atoms with Crippen molar-refractivity contribution in [3.8, 4) is 5.75 Å². The molecule has 0 spiro atoms. The van der Waals surface area contributed by atoms with E-state index in [4.69, 9.17) is 16.3 Å². The largest absolute Gasteiger partial charge is 0.496 e. The molecule has 1 saturated heterocycles. The molecule has 1 aliphatic rings. The lowest BCUT2D eigenvalue weighted by atomic mass is 9.99. The van der Waals surface area contributed by atoms with Crippen molar-refractivity contribution >= 4 is 11.6 Å². The molecule has 0 amide bonds. The predicted octanol–water partition coefficient (Wildman–Crippen LogP) is 3.10. The second kappa shape index (κ2) is 7.13. The molecule has 1 N–H and O–H groups in total. The van der Waals surface area contributed by atoms with E-state index in [1.807, 2.05) is 12.1 Å². The van der Waals surface area contributed by atoms with Gasteiger partial charge in [-0.05, 0) is 24.6 Å². The van der Waals surface area contributed by atoms with Gasteiger partial charge in [0.15, 0.2) is 0 Å². The summed E-state index contributed by atoms with van der Waals surface area (Å²) in [7, 11) is 1.73. The normalized spacial score (nSPS) is 18.3. The van der Waals surface area contributed by atoms with Gasteiger partial charge in [-0.2, -0.15) is 0 Å². The first-order valence-corrected chi connectivity index (χ1v) is 7.42. The Bertz CT molecular complexity index is 405. The van der Waals surface area contributed by atoms with Crippen LogP contribution in [-0.2, 0) is 0 Å². The van der Waals surface area contributed by atoms with Gasteiger partial charge in [0, 0.05) is 42.8 Å². The molecule has 0 aromatic heterocycles. The first-order valence-electron chi connectivity index (χ1n) is 7.04. The van der Waals surface area contributed by atoms with Crippen LogP contribution in [0.4, 0.5) is 0 Å². The summed E-state index contributed by atoms with van der Waals surface area (Å²) >= 11 is 6.17. The molecular weight excluding hydrogens is 260 g/mol. The van der Waals surface area contributed by atoms with Gasteiger partial charge in [0.2, 0.25) is 0 Å². The van der Waals surface area contributed by atoms with E-state index in [1.165, 1.54) is 5.56 Å². The Labute approximate surface area is 120 Å². The van der Waals surface area contributed by atoms with Gasteiger partial charge in [-0.15, -0.1) is 0 Å². The summed E-state index contributed by atoms with van der Waals surface area (Å²) in [5.74, 6) is 0.946. The van der Waals surface area contributed by atoms with Crippen molar-refractivity contribution in [2.45, 2.75) is 25.8 Å². The maximum absolute atomic E-state index is 6.17. The number of halogens is 1. The lowest BCUT2D eigenvalue weighted by molar-refractivity contribution is 0.162. The highest BCUT2D eigenvalue weighted by molar-refractivity contribution is 6.30. The molecule has 106 valence electrons. The van der Waals surface area contributed by atoms with E-state index >= 15 is 0 Å². The maximum atomic E-state index is 6.17. The Hall–Kier alpha value is -0.770. The fourth-order valence-electron chi connectivity index (χ4n) is 2.77. The summed E-state index contributed by atoms with van der Waals surface area (Å²) in [6.07, 6.45) is 2.29. The Morgan fingerprint density at radius 1 is 1.37 bits per heavy atom. The summed E-state index contributed by atoms with van der Waals surface area (Å²) < 4.78 is 5.52. The van der Waals surface area contributed by atoms with Crippen molar-refractivity contribution in [3.05, 3.63) is 28.8 Å². The number of nitrogens with one attached hydrogen (secondary N) is 1. The predicted molar refractivity (Wildman–Crippen MR) is 80.1 cm³/mol. The van der Waals surface area contributed by atoms with Crippen LogP contribution in [0.5, 0.6) is 5.75 Å². The molecule has 1 aliphatic heterocycles. The molecule has 3 nitrogen and oxygen atoms in total. The summed E-state index contributed by atoms with van der Waals surface area (Å²) in [5.41, 5.74) is 1.22. The third-order valence-electron chi connectivity index (χ3n) is 3.71. The first kappa shape index (κ1) is 14.6. The Kier molecular flexibility index (Phi) is 5.49. The number of piperazine rings is 1. The van der Waals surface area contributed by atoms with E-state index < -0.39 is 0 Å². The third-order valence-corrected chi connectivity index (χ3v) is 3.94. The average Bonchev–Trinajstić information content (AvgIpc) is 2.45. The molecule has 2 rings (SSSR count). The lowest BCUT2D eigenvalue weighted by Gasteiger charge is -2.35. The molecular formula is C15H23ClN2O. The van der Waals surface area contributed by atoms with Crippen LogP contribution in [0.3, 0.4) is 0 Å². The highest BCUT2D eigenvalue weighted by atomic mass is 35.5. The number of rotatable bonds is 5. The molecule has 0 bridgehead atoms. The fraction of sp³-hybridized carbons (Fsp3) is 0.600. The number of ether oxygens (including phenoxy) is 1. The van der Waals surface area contributed by atoms with Gasteiger partial charge >= 0.3 is 0 Å². The van der Waals surface area contributed by atoms with Gasteiger partial charge in [-0.1, -0.05) is 24.9 Å². The minimum absolute atomic E-state index is 0.403. The van der Waals surface area contributed by atoms with Gasteiger partial charge in [0.05, 0.1) is 7.11 Å². The number of methoxy groups -OCH3 is 1. The lowest BCUT2D eigenvalue weighted by Crippen LogP contribution is -2.45. The molecule has 4 heteroatoms. The van der Waals surface area contributed by atoms with Gasteiger partial charge in [0.1, 0.15) is 5.75 Å². The van der Waals surface area contributed by atoms with E-state index in [1.54, 1.807) is 7.11 Å². The standard InChI is InChI=1S/C15H23ClN2O/c1-3-4-14(18-9-7-17-8-10-18)13-11-12(16)5-6-15(13)19-2/h5-6,11,14,17H,3-4,7-10H2,1-2H3/t14-/m1/s1. The second-order valence-corrected chi connectivity index (χ2v) is 5.41. The Morgan fingerprint density at radius 3 is 2.74 bits per heavy atom.